The monoisotopic (exact) mass is 336 g/mol. The average Bonchev–Trinajstić information content (AvgIpc) is 2.56. The summed E-state index contributed by atoms with van der Waals surface area (Å²) < 4.78 is 0. The third-order valence-corrected chi connectivity index (χ3v) is 5.06. The van der Waals surface area contributed by atoms with Crippen molar-refractivity contribution >= 4 is 35.0 Å². The number of benzene rings is 1. The molecule has 5 nitrogen and oxygen atoms in total. The number of anilines is 2. The zero-order valence-corrected chi connectivity index (χ0v) is 14.3. The first-order valence-corrected chi connectivity index (χ1v) is 9.10. The van der Waals surface area contributed by atoms with Crippen LogP contribution in [0.4, 0.5) is 11.4 Å². The van der Waals surface area contributed by atoms with Gasteiger partial charge in [0.2, 0.25) is 5.91 Å². The van der Waals surface area contributed by atoms with Gasteiger partial charge in [-0.1, -0.05) is 0 Å². The third kappa shape index (κ3) is 5.78. The topological polar surface area (TPSA) is 69.6 Å². The number of hydrogen-bond donors (Lipinski definition) is 2. The molecule has 6 heteroatoms. The van der Waals surface area contributed by atoms with Crippen LogP contribution in [0.15, 0.2) is 24.3 Å². The maximum absolute atomic E-state index is 12.1. The molecule has 0 unspecified atom stereocenters. The van der Waals surface area contributed by atoms with Crippen LogP contribution in [0.2, 0.25) is 0 Å². The molecular formula is C17H24N2O3S. The van der Waals surface area contributed by atoms with Gasteiger partial charge < -0.3 is 15.3 Å². The van der Waals surface area contributed by atoms with Gasteiger partial charge in [-0.3, -0.25) is 9.59 Å². The predicted octanol–water partition coefficient (Wildman–Crippen LogP) is 3.21. The van der Waals surface area contributed by atoms with E-state index >= 15 is 0 Å². The van der Waals surface area contributed by atoms with Gasteiger partial charge in [-0.05, 0) is 50.5 Å². The summed E-state index contributed by atoms with van der Waals surface area (Å²) in [6.45, 7) is 4.00. The van der Waals surface area contributed by atoms with Gasteiger partial charge in [0, 0.05) is 30.2 Å². The first kappa shape index (κ1) is 17.7. The van der Waals surface area contributed by atoms with Crippen LogP contribution in [-0.2, 0) is 9.59 Å². The summed E-state index contributed by atoms with van der Waals surface area (Å²) >= 11 is 1.36. The molecule has 1 aromatic carbocycles. The molecule has 0 saturated carbocycles. The Balaban J connectivity index is 1.82. The number of aliphatic carboxylic acids is 1. The number of carboxylic acids is 1. The molecule has 1 fully saturated rings. The van der Waals surface area contributed by atoms with Gasteiger partial charge in [-0.15, -0.1) is 11.8 Å². The fourth-order valence-electron chi connectivity index (χ4n) is 2.55. The van der Waals surface area contributed by atoms with E-state index in [-0.39, 0.29) is 17.6 Å². The molecule has 1 aliphatic heterocycles. The third-order valence-electron chi connectivity index (χ3n) is 3.91. The van der Waals surface area contributed by atoms with E-state index in [1.165, 1.54) is 36.7 Å². The van der Waals surface area contributed by atoms with Crippen LogP contribution >= 0.6 is 11.8 Å². The summed E-state index contributed by atoms with van der Waals surface area (Å²) in [5.74, 6) is -0.484. The maximum Gasteiger partial charge on any atom is 0.304 e. The summed E-state index contributed by atoms with van der Waals surface area (Å²) in [7, 11) is 0. The zero-order valence-electron chi connectivity index (χ0n) is 13.5. The highest BCUT2D eigenvalue weighted by Gasteiger charge is 2.15. The number of nitrogens with one attached hydrogen (secondary N) is 1. The molecule has 1 saturated heterocycles. The molecule has 1 atom stereocenters. The quantitative estimate of drug-likeness (QED) is 0.800. The fraction of sp³-hybridized carbons (Fsp3) is 0.529. The van der Waals surface area contributed by atoms with Crippen LogP contribution in [0.1, 0.15) is 32.6 Å². The Labute approximate surface area is 141 Å². The highest BCUT2D eigenvalue weighted by atomic mass is 32.2. The number of carboxylic acid groups (broad SMARTS) is 1. The van der Waals surface area contributed by atoms with Gasteiger partial charge in [0.05, 0.1) is 11.7 Å². The lowest BCUT2D eigenvalue weighted by Gasteiger charge is -2.28. The molecule has 23 heavy (non-hydrogen) atoms. The van der Waals surface area contributed by atoms with Gasteiger partial charge in [0.25, 0.3) is 0 Å². The number of piperidine rings is 1. The lowest BCUT2D eigenvalue weighted by Crippen LogP contribution is -2.29. The van der Waals surface area contributed by atoms with Crippen molar-refractivity contribution in [3.63, 3.8) is 0 Å². The van der Waals surface area contributed by atoms with Crippen molar-refractivity contribution in [2.45, 2.75) is 37.9 Å². The van der Waals surface area contributed by atoms with Gasteiger partial charge in [0.15, 0.2) is 0 Å². The molecule has 1 aromatic rings. The van der Waals surface area contributed by atoms with Crippen molar-refractivity contribution in [2.75, 3.05) is 29.1 Å². The number of thioether (sulfide) groups is 1. The van der Waals surface area contributed by atoms with E-state index in [2.05, 4.69) is 10.2 Å². The first-order valence-electron chi connectivity index (χ1n) is 8.05. The molecule has 126 valence electrons. The van der Waals surface area contributed by atoms with E-state index < -0.39 is 5.97 Å². The second-order valence-electron chi connectivity index (χ2n) is 5.74. The first-order chi connectivity index (χ1) is 11.1. The Bertz CT molecular complexity index is 527. The number of carbonyl (C=O) groups excluding carboxylic acids is 1. The largest absolute Gasteiger partial charge is 0.481 e. The minimum absolute atomic E-state index is 0.0762. The van der Waals surface area contributed by atoms with Crippen LogP contribution in [0.5, 0.6) is 0 Å². The smallest absolute Gasteiger partial charge is 0.304 e. The van der Waals surface area contributed by atoms with Crippen molar-refractivity contribution in [3.8, 4) is 0 Å². The zero-order chi connectivity index (χ0) is 16.7. The van der Waals surface area contributed by atoms with Crippen LogP contribution in [0.3, 0.4) is 0 Å². The summed E-state index contributed by atoms with van der Waals surface area (Å²) in [5.41, 5.74) is 1.98. The highest BCUT2D eigenvalue weighted by Crippen LogP contribution is 2.22. The fourth-order valence-corrected chi connectivity index (χ4v) is 3.41. The van der Waals surface area contributed by atoms with Gasteiger partial charge in [-0.25, -0.2) is 0 Å². The van der Waals surface area contributed by atoms with Crippen LogP contribution in [0, 0.1) is 0 Å². The molecular weight excluding hydrogens is 312 g/mol. The Morgan fingerprint density at radius 1 is 1.22 bits per heavy atom. The second-order valence-corrected chi connectivity index (χ2v) is 7.19. The van der Waals surface area contributed by atoms with Crippen molar-refractivity contribution in [2.24, 2.45) is 0 Å². The summed E-state index contributed by atoms with van der Waals surface area (Å²) in [6, 6.07) is 7.94. The lowest BCUT2D eigenvalue weighted by atomic mass is 10.1. The number of nitrogens with zero attached hydrogens (tertiary/aromatic N) is 1. The molecule has 1 aliphatic rings. The number of rotatable bonds is 7. The molecule has 0 aliphatic carbocycles. The standard InChI is InChI=1S/C17H24N2O3S/c1-13(23-12-9-16(20)21)17(22)18-14-5-7-15(8-6-14)19-10-3-2-4-11-19/h5-8,13H,2-4,9-12H2,1H3,(H,18,22)(H,20,21)/t13-/m1/s1. The van der Waals surface area contributed by atoms with Crippen LogP contribution in [0.25, 0.3) is 0 Å². The minimum Gasteiger partial charge on any atom is -0.481 e. The molecule has 0 aromatic heterocycles. The van der Waals surface area contributed by atoms with Crippen LogP contribution < -0.4 is 10.2 Å². The Morgan fingerprint density at radius 3 is 2.48 bits per heavy atom. The van der Waals surface area contributed by atoms with E-state index in [0.717, 1.165) is 18.8 Å². The number of amides is 1. The average molecular weight is 336 g/mol. The molecule has 2 rings (SSSR count). The lowest BCUT2D eigenvalue weighted by molar-refractivity contribution is -0.136. The van der Waals surface area contributed by atoms with E-state index in [4.69, 9.17) is 5.11 Å². The van der Waals surface area contributed by atoms with E-state index in [1.807, 2.05) is 24.3 Å². The van der Waals surface area contributed by atoms with Crippen molar-refractivity contribution in [1.29, 1.82) is 0 Å². The van der Waals surface area contributed by atoms with Gasteiger partial charge in [-0.2, -0.15) is 0 Å². The highest BCUT2D eigenvalue weighted by molar-refractivity contribution is 8.00. The van der Waals surface area contributed by atoms with Crippen molar-refractivity contribution in [1.82, 2.24) is 0 Å². The van der Waals surface area contributed by atoms with E-state index in [9.17, 15) is 9.59 Å². The predicted molar refractivity (Wildman–Crippen MR) is 95.3 cm³/mol. The van der Waals surface area contributed by atoms with Gasteiger partial charge in [0.1, 0.15) is 0 Å². The van der Waals surface area contributed by atoms with E-state index in [1.54, 1.807) is 6.92 Å². The van der Waals surface area contributed by atoms with Gasteiger partial charge >= 0.3 is 5.97 Å². The Kier molecular flexibility index (Phi) is 6.77. The molecule has 0 radical (unpaired) electrons. The Hall–Kier alpha value is -1.69. The Morgan fingerprint density at radius 2 is 1.87 bits per heavy atom. The summed E-state index contributed by atoms with van der Waals surface area (Å²) in [5, 5.41) is 11.2. The van der Waals surface area contributed by atoms with Crippen LogP contribution in [-0.4, -0.2) is 41.1 Å². The summed E-state index contributed by atoms with van der Waals surface area (Å²) in [6.07, 6.45) is 3.86. The van der Waals surface area contributed by atoms with Crippen molar-refractivity contribution in [3.05, 3.63) is 24.3 Å². The minimum atomic E-state index is -0.835. The van der Waals surface area contributed by atoms with E-state index in [0.29, 0.717) is 5.75 Å². The molecule has 1 amide bonds. The summed E-state index contributed by atoms with van der Waals surface area (Å²) in [4.78, 5) is 24.9. The number of hydrogen-bond acceptors (Lipinski definition) is 4. The molecule has 0 bridgehead atoms. The molecule has 0 spiro atoms. The van der Waals surface area contributed by atoms with Crippen molar-refractivity contribution < 1.29 is 14.7 Å². The maximum atomic E-state index is 12.1. The molecule has 1 heterocycles. The SMILES string of the molecule is C[C@@H](SCCC(=O)O)C(=O)Nc1ccc(N2CCCCC2)cc1. The second kappa shape index (κ2) is 8.82. The number of carbonyl (C=O) groups is 2. The molecule has 2 N–H and O–H groups in total. The normalized spacial score (nSPS) is 16.0.